The van der Waals surface area contributed by atoms with Crippen LogP contribution in [-0.2, 0) is 17.8 Å². The summed E-state index contributed by atoms with van der Waals surface area (Å²) in [6, 6.07) is 4.51. The maximum absolute atomic E-state index is 13.2. The minimum Gasteiger partial charge on any atom is -0.376 e. The molecule has 6 heteroatoms. The summed E-state index contributed by atoms with van der Waals surface area (Å²) in [5.74, 6) is 1.06. The first kappa shape index (κ1) is 13.5. The molecule has 0 saturated heterocycles. The van der Waals surface area contributed by atoms with Crippen molar-refractivity contribution in [2.24, 2.45) is 0 Å². The number of anilines is 1. The maximum atomic E-state index is 13.2. The van der Waals surface area contributed by atoms with Gasteiger partial charge in [-0.3, -0.25) is 0 Å². The third kappa shape index (κ3) is 2.41. The molecule has 2 heterocycles. The highest BCUT2D eigenvalue weighted by Gasteiger charge is 2.19. The highest BCUT2D eigenvalue weighted by molar-refractivity contribution is 9.10. The Morgan fingerprint density at radius 3 is 2.95 bits per heavy atom. The first-order chi connectivity index (χ1) is 9.69. The fraction of sp³-hybridized carbons (Fsp3) is 0.286. The summed E-state index contributed by atoms with van der Waals surface area (Å²) < 4.78 is 19.3. The molecule has 1 aromatic carbocycles. The van der Waals surface area contributed by atoms with Gasteiger partial charge in [-0.2, -0.15) is 0 Å². The number of aromatic nitrogens is 2. The van der Waals surface area contributed by atoms with Gasteiger partial charge in [0, 0.05) is 29.1 Å². The predicted octanol–water partition coefficient (Wildman–Crippen LogP) is 3.16. The van der Waals surface area contributed by atoms with Gasteiger partial charge in [-0.05, 0) is 34.1 Å². The van der Waals surface area contributed by atoms with E-state index in [1.54, 1.807) is 6.07 Å². The van der Waals surface area contributed by atoms with Crippen LogP contribution in [-0.4, -0.2) is 23.6 Å². The standard InChI is InChI=1S/C14H13BrFN3O/c1-17-13-10-7-20-5-4-12(10)18-14(19-13)9-3-2-8(16)6-11(9)15/h2-3,6H,4-5,7H2,1H3,(H,17,18,19). The van der Waals surface area contributed by atoms with E-state index < -0.39 is 0 Å². The van der Waals surface area contributed by atoms with Crippen molar-refractivity contribution in [1.82, 2.24) is 9.97 Å². The number of rotatable bonds is 2. The van der Waals surface area contributed by atoms with Crippen LogP contribution in [0.15, 0.2) is 22.7 Å². The predicted molar refractivity (Wildman–Crippen MR) is 78.0 cm³/mol. The molecular formula is C14H13BrFN3O. The van der Waals surface area contributed by atoms with Gasteiger partial charge in [0.25, 0.3) is 0 Å². The van der Waals surface area contributed by atoms with E-state index in [1.807, 2.05) is 7.05 Å². The van der Waals surface area contributed by atoms with E-state index in [-0.39, 0.29) is 5.82 Å². The molecule has 0 atom stereocenters. The molecule has 4 nitrogen and oxygen atoms in total. The molecule has 20 heavy (non-hydrogen) atoms. The zero-order chi connectivity index (χ0) is 14.1. The zero-order valence-electron chi connectivity index (χ0n) is 10.9. The fourth-order valence-electron chi connectivity index (χ4n) is 2.23. The van der Waals surface area contributed by atoms with Crippen LogP contribution < -0.4 is 5.32 Å². The molecule has 0 amide bonds. The van der Waals surface area contributed by atoms with Gasteiger partial charge in [0.15, 0.2) is 5.82 Å². The highest BCUT2D eigenvalue weighted by atomic mass is 79.9. The topological polar surface area (TPSA) is 47.0 Å². The first-order valence-corrected chi connectivity index (χ1v) is 7.09. The second-order valence-corrected chi connectivity index (χ2v) is 5.35. The summed E-state index contributed by atoms with van der Waals surface area (Å²) in [5.41, 5.74) is 2.76. The summed E-state index contributed by atoms with van der Waals surface area (Å²) in [5, 5.41) is 3.08. The van der Waals surface area contributed by atoms with Crippen molar-refractivity contribution >= 4 is 21.7 Å². The molecular weight excluding hydrogens is 325 g/mol. The normalized spacial score (nSPS) is 13.9. The third-order valence-electron chi connectivity index (χ3n) is 3.23. The molecule has 0 spiro atoms. The SMILES string of the molecule is CNc1nc(-c2ccc(F)cc2Br)nc2c1COCC2. The Morgan fingerprint density at radius 2 is 2.20 bits per heavy atom. The number of nitrogens with one attached hydrogen (secondary N) is 1. The number of nitrogens with zero attached hydrogens (tertiary/aromatic N) is 2. The number of halogens is 2. The van der Waals surface area contributed by atoms with E-state index in [0.29, 0.717) is 23.5 Å². The van der Waals surface area contributed by atoms with Crippen molar-refractivity contribution < 1.29 is 9.13 Å². The van der Waals surface area contributed by atoms with Gasteiger partial charge >= 0.3 is 0 Å². The molecule has 0 aliphatic carbocycles. The van der Waals surface area contributed by atoms with Crippen molar-refractivity contribution in [3.63, 3.8) is 0 Å². The van der Waals surface area contributed by atoms with Gasteiger partial charge in [0.2, 0.25) is 0 Å². The molecule has 0 bridgehead atoms. The zero-order valence-corrected chi connectivity index (χ0v) is 12.5. The van der Waals surface area contributed by atoms with Gasteiger partial charge in [-0.1, -0.05) is 0 Å². The minimum atomic E-state index is -0.291. The minimum absolute atomic E-state index is 0.291. The van der Waals surface area contributed by atoms with Crippen molar-refractivity contribution in [3.8, 4) is 11.4 Å². The average molecular weight is 338 g/mol. The molecule has 1 aliphatic heterocycles. The second-order valence-electron chi connectivity index (χ2n) is 4.50. The lowest BCUT2D eigenvalue weighted by atomic mass is 10.1. The third-order valence-corrected chi connectivity index (χ3v) is 3.89. The maximum Gasteiger partial charge on any atom is 0.162 e. The largest absolute Gasteiger partial charge is 0.376 e. The summed E-state index contributed by atoms with van der Waals surface area (Å²) >= 11 is 3.36. The Bertz CT molecular complexity index is 646. The van der Waals surface area contributed by atoms with Crippen LogP contribution in [0.1, 0.15) is 11.3 Å². The van der Waals surface area contributed by atoms with E-state index in [2.05, 4.69) is 31.2 Å². The van der Waals surface area contributed by atoms with Gasteiger partial charge < -0.3 is 10.1 Å². The second kappa shape index (κ2) is 5.46. The van der Waals surface area contributed by atoms with Gasteiger partial charge in [0.05, 0.1) is 18.9 Å². The van der Waals surface area contributed by atoms with E-state index in [0.717, 1.165) is 29.1 Å². The Labute approximate surface area is 124 Å². The monoisotopic (exact) mass is 337 g/mol. The van der Waals surface area contributed by atoms with Crippen molar-refractivity contribution in [2.45, 2.75) is 13.0 Å². The summed E-state index contributed by atoms with van der Waals surface area (Å²) in [6.45, 7) is 1.19. The summed E-state index contributed by atoms with van der Waals surface area (Å²) in [7, 11) is 1.82. The molecule has 0 unspecified atom stereocenters. The number of ether oxygens (including phenoxy) is 1. The molecule has 2 aromatic rings. The van der Waals surface area contributed by atoms with Crippen LogP contribution in [0.2, 0.25) is 0 Å². The molecule has 1 N–H and O–H groups in total. The Morgan fingerprint density at radius 1 is 1.35 bits per heavy atom. The molecule has 1 aliphatic rings. The van der Waals surface area contributed by atoms with Crippen LogP contribution in [0.4, 0.5) is 10.2 Å². The molecule has 0 fully saturated rings. The van der Waals surface area contributed by atoms with Gasteiger partial charge in [-0.25, -0.2) is 14.4 Å². The lowest BCUT2D eigenvalue weighted by Crippen LogP contribution is -2.16. The fourth-order valence-corrected chi connectivity index (χ4v) is 2.76. The lowest BCUT2D eigenvalue weighted by molar-refractivity contribution is 0.109. The molecule has 0 saturated carbocycles. The summed E-state index contributed by atoms with van der Waals surface area (Å²) in [6.07, 6.45) is 0.762. The summed E-state index contributed by atoms with van der Waals surface area (Å²) in [4.78, 5) is 9.11. The van der Waals surface area contributed by atoms with Crippen LogP contribution >= 0.6 is 15.9 Å². The van der Waals surface area contributed by atoms with E-state index in [1.165, 1.54) is 12.1 Å². The van der Waals surface area contributed by atoms with Crippen LogP contribution in [0.25, 0.3) is 11.4 Å². The highest BCUT2D eigenvalue weighted by Crippen LogP contribution is 2.30. The van der Waals surface area contributed by atoms with Crippen LogP contribution in [0, 0.1) is 5.82 Å². The van der Waals surface area contributed by atoms with Crippen molar-refractivity contribution in [1.29, 1.82) is 0 Å². The van der Waals surface area contributed by atoms with E-state index >= 15 is 0 Å². The molecule has 1 aromatic heterocycles. The Hall–Kier alpha value is -1.53. The van der Waals surface area contributed by atoms with E-state index in [4.69, 9.17) is 4.74 Å². The van der Waals surface area contributed by atoms with Gasteiger partial charge in [-0.15, -0.1) is 0 Å². The smallest absolute Gasteiger partial charge is 0.162 e. The van der Waals surface area contributed by atoms with E-state index in [9.17, 15) is 4.39 Å². The molecule has 3 rings (SSSR count). The number of fused-ring (bicyclic) bond motifs is 1. The van der Waals surface area contributed by atoms with Gasteiger partial charge in [0.1, 0.15) is 11.6 Å². The number of hydrogen-bond acceptors (Lipinski definition) is 4. The molecule has 104 valence electrons. The van der Waals surface area contributed by atoms with Crippen LogP contribution in [0.5, 0.6) is 0 Å². The molecule has 0 radical (unpaired) electrons. The Balaban J connectivity index is 2.14. The Kier molecular flexibility index (Phi) is 3.67. The average Bonchev–Trinajstić information content (AvgIpc) is 2.46. The van der Waals surface area contributed by atoms with Crippen molar-refractivity contribution in [2.75, 3.05) is 19.0 Å². The first-order valence-electron chi connectivity index (χ1n) is 6.29. The lowest BCUT2D eigenvalue weighted by Gasteiger charge is -2.19. The number of benzene rings is 1. The quantitative estimate of drug-likeness (QED) is 0.914. The van der Waals surface area contributed by atoms with Crippen molar-refractivity contribution in [3.05, 3.63) is 39.7 Å². The number of hydrogen-bond donors (Lipinski definition) is 1. The van der Waals surface area contributed by atoms with Crippen LogP contribution in [0.3, 0.4) is 0 Å².